The Morgan fingerprint density at radius 3 is 2.39 bits per heavy atom. The van der Waals surface area contributed by atoms with Gasteiger partial charge in [-0.2, -0.15) is 0 Å². The van der Waals surface area contributed by atoms with Crippen molar-refractivity contribution in [1.29, 1.82) is 0 Å². The zero-order valence-corrected chi connectivity index (χ0v) is 12.4. The molecule has 120 valence electrons. The van der Waals surface area contributed by atoms with Crippen LogP contribution in [0.5, 0.6) is 0 Å². The topological polar surface area (TPSA) is 66.9 Å². The van der Waals surface area contributed by atoms with Gasteiger partial charge in [-0.15, -0.1) is 0 Å². The highest BCUT2D eigenvalue weighted by Crippen LogP contribution is 2.11. The average molecular weight is 319 g/mol. The molecule has 1 atom stereocenters. The number of benzene rings is 1. The number of nitrogens with zero attached hydrogens (tertiary/aromatic N) is 1. The van der Waals surface area contributed by atoms with Crippen molar-refractivity contribution in [1.82, 2.24) is 9.55 Å². The molecular formula is C16H15F2N3O2. The van der Waals surface area contributed by atoms with Gasteiger partial charge in [-0.3, -0.25) is 9.78 Å². The van der Waals surface area contributed by atoms with E-state index < -0.39 is 22.9 Å². The first-order chi connectivity index (χ1) is 10.8. The van der Waals surface area contributed by atoms with Crippen LogP contribution in [0.4, 0.5) is 14.6 Å². The molecule has 0 amide bonds. The standard InChI is InChI=1S/C16H15F2N3O2/c1-4-9(2)10(3)19-14-8-15(22)21(16(23)20-14)13-6-11(17)5-12(18)7-13/h4-8,10,19H,1-2H2,3H3,(H,20,23). The lowest BCUT2D eigenvalue weighted by Gasteiger charge is -2.15. The highest BCUT2D eigenvalue weighted by Gasteiger charge is 2.11. The van der Waals surface area contributed by atoms with E-state index in [2.05, 4.69) is 23.5 Å². The lowest BCUT2D eigenvalue weighted by atomic mass is 10.1. The molecule has 0 saturated heterocycles. The van der Waals surface area contributed by atoms with E-state index in [1.54, 1.807) is 13.0 Å². The first kappa shape index (κ1) is 16.4. The second-order valence-corrected chi connectivity index (χ2v) is 4.93. The molecule has 1 heterocycles. The van der Waals surface area contributed by atoms with Crippen LogP contribution in [0.25, 0.3) is 5.69 Å². The van der Waals surface area contributed by atoms with Crippen molar-refractivity contribution in [2.24, 2.45) is 0 Å². The van der Waals surface area contributed by atoms with Crippen LogP contribution in [0, 0.1) is 11.6 Å². The maximum atomic E-state index is 13.3. The van der Waals surface area contributed by atoms with Gasteiger partial charge in [0, 0.05) is 18.2 Å². The zero-order valence-electron chi connectivity index (χ0n) is 12.4. The number of aromatic amines is 1. The van der Waals surface area contributed by atoms with Crippen molar-refractivity contribution in [2.45, 2.75) is 13.0 Å². The van der Waals surface area contributed by atoms with E-state index in [0.29, 0.717) is 16.2 Å². The van der Waals surface area contributed by atoms with Crippen LogP contribution in [0.3, 0.4) is 0 Å². The minimum Gasteiger partial charge on any atom is -0.365 e. The SMILES string of the molecule is C=CC(=C)C(C)Nc1cc(=O)n(-c2cc(F)cc(F)c2)c(=O)[nH]1. The third kappa shape index (κ3) is 3.63. The first-order valence-corrected chi connectivity index (χ1v) is 6.72. The molecule has 2 rings (SSSR count). The van der Waals surface area contributed by atoms with Gasteiger partial charge in [0.2, 0.25) is 0 Å². The smallest absolute Gasteiger partial charge is 0.334 e. The Labute approximate surface area is 130 Å². The Bertz CT molecular complexity index is 832. The van der Waals surface area contributed by atoms with Crippen molar-refractivity contribution in [2.75, 3.05) is 5.32 Å². The second kappa shape index (κ2) is 6.43. The molecule has 5 nitrogen and oxygen atoms in total. The van der Waals surface area contributed by atoms with Gasteiger partial charge in [0.25, 0.3) is 5.56 Å². The number of nitrogens with one attached hydrogen (secondary N) is 2. The van der Waals surface area contributed by atoms with Gasteiger partial charge in [-0.25, -0.2) is 18.1 Å². The summed E-state index contributed by atoms with van der Waals surface area (Å²) in [6, 6.07) is 3.31. The second-order valence-electron chi connectivity index (χ2n) is 4.93. The number of halogens is 2. The summed E-state index contributed by atoms with van der Waals surface area (Å²) >= 11 is 0. The van der Waals surface area contributed by atoms with Gasteiger partial charge < -0.3 is 5.32 Å². The molecule has 7 heteroatoms. The van der Waals surface area contributed by atoms with Crippen molar-refractivity contribution >= 4 is 5.82 Å². The largest absolute Gasteiger partial charge is 0.365 e. The summed E-state index contributed by atoms with van der Waals surface area (Å²) in [6.45, 7) is 9.11. The molecule has 0 aliphatic rings. The van der Waals surface area contributed by atoms with Gasteiger partial charge in [0.15, 0.2) is 0 Å². The lowest BCUT2D eigenvalue weighted by Crippen LogP contribution is -2.34. The lowest BCUT2D eigenvalue weighted by molar-refractivity contribution is 0.580. The van der Waals surface area contributed by atoms with Gasteiger partial charge in [0.05, 0.1) is 5.69 Å². The van der Waals surface area contributed by atoms with Crippen LogP contribution >= 0.6 is 0 Å². The number of aromatic nitrogens is 2. The molecule has 1 aromatic carbocycles. The molecule has 0 saturated carbocycles. The normalized spacial score (nSPS) is 11.8. The minimum atomic E-state index is -0.885. The maximum Gasteiger partial charge on any atom is 0.334 e. The number of rotatable bonds is 5. The van der Waals surface area contributed by atoms with Crippen LogP contribution < -0.4 is 16.6 Å². The molecule has 2 N–H and O–H groups in total. The van der Waals surface area contributed by atoms with Crippen molar-refractivity contribution in [3.63, 3.8) is 0 Å². The number of hydrogen-bond acceptors (Lipinski definition) is 3. The molecule has 23 heavy (non-hydrogen) atoms. The molecule has 1 aromatic heterocycles. The molecule has 0 aliphatic carbocycles. The van der Waals surface area contributed by atoms with Gasteiger partial charge in [-0.1, -0.05) is 19.2 Å². The Morgan fingerprint density at radius 2 is 1.87 bits per heavy atom. The van der Waals surface area contributed by atoms with E-state index in [-0.39, 0.29) is 17.5 Å². The Kier molecular flexibility index (Phi) is 4.59. The van der Waals surface area contributed by atoms with E-state index in [1.165, 1.54) is 0 Å². The van der Waals surface area contributed by atoms with Gasteiger partial charge in [0.1, 0.15) is 17.5 Å². The number of H-pyrrole nitrogens is 1. The summed E-state index contributed by atoms with van der Waals surface area (Å²) in [4.78, 5) is 26.6. The van der Waals surface area contributed by atoms with Crippen LogP contribution in [-0.2, 0) is 0 Å². The molecule has 1 unspecified atom stereocenters. The number of anilines is 1. The molecular weight excluding hydrogens is 304 g/mol. The van der Waals surface area contributed by atoms with E-state index in [1.807, 2.05) is 0 Å². The van der Waals surface area contributed by atoms with Crippen molar-refractivity contribution in [3.8, 4) is 5.69 Å². The Morgan fingerprint density at radius 1 is 1.26 bits per heavy atom. The number of hydrogen-bond donors (Lipinski definition) is 2. The summed E-state index contributed by atoms with van der Waals surface area (Å²) in [5.41, 5.74) is -1.06. The van der Waals surface area contributed by atoms with Crippen LogP contribution in [0.15, 0.2) is 58.7 Å². The quantitative estimate of drug-likeness (QED) is 0.831. The summed E-state index contributed by atoms with van der Waals surface area (Å²) < 4.78 is 27.2. The van der Waals surface area contributed by atoms with Gasteiger partial charge in [-0.05, 0) is 24.6 Å². The fourth-order valence-corrected chi connectivity index (χ4v) is 1.99. The molecule has 2 aromatic rings. The Hall–Kier alpha value is -2.96. The highest BCUT2D eigenvalue weighted by molar-refractivity contribution is 5.40. The van der Waals surface area contributed by atoms with Crippen molar-refractivity contribution < 1.29 is 8.78 Å². The fourth-order valence-electron chi connectivity index (χ4n) is 1.99. The molecule has 0 fully saturated rings. The predicted octanol–water partition coefficient (Wildman–Crippen LogP) is 2.35. The third-order valence-electron chi connectivity index (χ3n) is 3.23. The van der Waals surface area contributed by atoms with E-state index in [9.17, 15) is 18.4 Å². The summed E-state index contributed by atoms with van der Waals surface area (Å²) in [5, 5.41) is 2.89. The Balaban J connectivity index is 2.46. The molecule has 0 bridgehead atoms. The first-order valence-electron chi connectivity index (χ1n) is 6.72. The monoisotopic (exact) mass is 319 g/mol. The summed E-state index contributed by atoms with van der Waals surface area (Å²) in [7, 11) is 0. The van der Waals surface area contributed by atoms with Crippen LogP contribution in [-0.4, -0.2) is 15.6 Å². The zero-order chi connectivity index (χ0) is 17.1. The average Bonchev–Trinajstić information content (AvgIpc) is 2.44. The maximum absolute atomic E-state index is 13.3. The third-order valence-corrected chi connectivity index (χ3v) is 3.23. The molecule has 0 spiro atoms. The predicted molar refractivity (Wildman–Crippen MR) is 85.0 cm³/mol. The van der Waals surface area contributed by atoms with E-state index in [0.717, 1.165) is 18.2 Å². The molecule has 0 aliphatic heterocycles. The van der Waals surface area contributed by atoms with E-state index >= 15 is 0 Å². The summed E-state index contributed by atoms with van der Waals surface area (Å²) in [5.74, 6) is -1.60. The van der Waals surface area contributed by atoms with E-state index in [4.69, 9.17) is 0 Å². The highest BCUT2D eigenvalue weighted by atomic mass is 19.1. The fraction of sp³-hybridized carbons (Fsp3) is 0.125. The summed E-state index contributed by atoms with van der Waals surface area (Å²) in [6.07, 6.45) is 1.55. The van der Waals surface area contributed by atoms with Crippen LogP contribution in [0.1, 0.15) is 6.92 Å². The van der Waals surface area contributed by atoms with Crippen LogP contribution in [0.2, 0.25) is 0 Å². The molecule has 0 radical (unpaired) electrons. The minimum absolute atomic E-state index is 0.170. The van der Waals surface area contributed by atoms with Crippen molar-refractivity contribution in [3.05, 3.63) is 81.5 Å². The van der Waals surface area contributed by atoms with Gasteiger partial charge >= 0.3 is 5.69 Å².